The van der Waals surface area contributed by atoms with Crippen molar-refractivity contribution in [2.45, 2.75) is 13.3 Å². The summed E-state index contributed by atoms with van der Waals surface area (Å²) in [6.07, 6.45) is 0.454. The molecule has 0 aliphatic rings. The van der Waals surface area contributed by atoms with Gasteiger partial charge in [-0.3, -0.25) is 9.59 Å². The van der Waals surface area contributed by atoms with Crippen molar-refractivity contribution in [2.24, 2.45) is 5.92 Å². The molecule has 0 radical (unpaired) electrons. The minimum atomic E-state index is -0.701. The molecule has 2 rings (SSSR count). The number of carbonyl (C=O) groups excluding carboxylic acids is 2. The Labute approximate surface area is 109 Å². The minimum Gasteiger partial charge on any atom is -0.468 e. The molecule has 1 aromatic heterocycles. The van der Waals surface area contributed by atoms with Gasteiger partial charge in [-0.2, -0.15) is 0 Å². The van der Waals surface area contributed by atoms with Crippen molar-refractivity contribution in [3.05, 3.63) is 35.2 Å². The Balaban J connectivity index is 2.41. The van der Waals surface area contributed by atoms with E-state index in [0.717, 1.165) is 10.1 Å². The molecule has 0 amide bonds. The predicted molar refractivity (Wildman–Crippen MR) is 72.0 cm³/mol. The number of hydrogen-bond acceptors (Lipinski definition) is 4. The highest BCUT2D eigenvalue weighted by Gasteiger charge is 2.28. The van der Waals surface area contributed by atoms with Crippen molar-refractivity contribution in [1.29, 1.82) is 0 Å². The van der Waals surface area contributed by atoms with Crippen LogP contribution in [0.1, 0.15) is 23.7 Å². The Morgan fingerprint density at radius 1 is 1.33 bits per heavy atom. The zero-order valence-corrected chi connectivity index (χ0v) is 11.1. The first-order chi connectivity index (χ1) is 8.69. The van der Waals surface area contributed by atoms with Crippen LogP contribution < -0.4 is 0 Å². The van der Waals surface area contributed by atoms with E-state index in [1.807, 2.05) is 36.6 Å². The first-order valence-corrected chi connectivity index (χ1v) is 6.65. The molecular weight excluding hydrogens is 248 g/mol. The highest BCUT2D eigenvalue weighted by Crippen LogP contribution is 2.28. The van der Waals surface area contributed by atoms with Gasteiger partial charge < -0.3 is 4.74 Å². The second-order valence-electron chi connectivity index (χ2n) is 3.99. The topological polar surface area (TPSA) is 43.4 Å². The second-order valence-corrected chi connectivity index (χ2v) is 4.91. The number of hydrogen-bond donors (Lipinski definition) is 0. The fourth-order valence-corrected chi connectivity index (χ4v) is 2.91. The summed E-state index contributed by atoms with van der Waals surface area (Å²) in [4.78, 5) is 23.9. The fraction of sp³-hybridized carbons (Fsp3) is 0.286. The van der Waals surface area contributed by atoms with Gasteiger partial charge in [-0.1, -0.05) is 25.1 Å². The van der Waals surface area contributed by atoms with Gasteiger partial charge in [-0.05, 0) is 12.5 Å². The molecule has 0 spiro atoms. The maximum absolute atomic E-state index is 12.4. The monoisotopic (exact) mass is 262 g/mol. The molecule has 3 nitrogen and oxygen atoms in total. The normalized spacial score (nSPS) is 12.3. The highest BCUT2D eigenvalue weighted by atomic mass is 32.1. The summed E-state index contributed by atoms with van der Waals surface area (Å²) in [6.45, 7) is 1.81. The molecule has 2 aromatic rings. The van der Waals surface area contributed by atoms with Crippen LogP contribution in [0, 0.1) is 5.92 Å². The summed E-state index contributed by atoms with van der Waals surface area (Å²) in [5.41, 5.74) is 0.618. The summed E-state index contributed by atoms with van der Waals surface area (Å²) in [5.74, 6) is -1.31. The van der Waals surface area contributed by atoms with E-state index in [1.165, 1.54) is 18.4 Å². The minimum absolute atomic E-state index is 0.151. The summed E-state index contributed by atoms with van der Waals surface area (Å²) >= 11 is 1.52. The van der Waals surface area contributed by atoms with Gasteiger partial charge in [-0.25, -0.2) is 0 Å². The summed E-state index contributed by atoms with van der Waals surface area (Å²) in [6, 6.07) is 7.70. The molecule has 0 fully saturated rings. The van der Waals surface area contributed by atoms with E-state index in [0.29, 0.717) is 12.0 Å². The van der Waals surface area contributed by atoms with Gasteiger partial charge in [0.1, 0.15) is 5.92 Å². The Kier molecular flexibility index (Phi) is 3.77. The third kappa shape index (κ3) is 2.16. The van der Waals surface area contributed by atoms with Crippen molar-refractivity contribution >= 4 is 33.2 Å². The quantitative estimate of drug-likeness (QED) is 0.482. The third-order valence-electron chi connectivity index (χ3n) is 2.96. The number of carbonyl (C=O) groups is 2. The maximum Gasteiger partial charge on any atom is 0.316 e. The molecule has 18 heavy (non-hydrogen) atoms. The fourth-order valence-electron chi connectivity index (χ4n) is 1.96. The van der Waals surface area contributed by atoms with Crippen LogP contribution in [0.15, 0.2) is 29.6 Å². The predicted octanol–water partition coefficient (Wildman–Crippen LogP) is 3.28. The molecule has 1 heterocycles. The lowest BCUT2D eigenvalue weighted by molar-refractivity contribution is -0.143. The Morgan fingerprint density at radius 3 is 2.72 bits per heavy atom. The van der Waals surface area contributed by atoms with E-state index in [9.17, 15) is 9.59 Å². The van der Waals surface area contributed by atoms with Crippen LogP contribution in [0.2, 0.25) is 0 Å². The number of fused-ring (bicyclic) bond motifs is 1. The lowest BCUT2D eigenvalue weighted by atomic mass is 9.95. The van der Waals surface area contributed by atoms with Crippen molar-refractivity contribution in [2.75, 3.05) is 7.11 Å². The largest absolute Gasteiger partial charge is 0.468 e. The molecule has 4 heteroatoms. The first-order valence-electron chi connectivity index (χ1n) is 5.77. The zero-order chi connectivity index (χ0) is 13.1. The summed E-state index contributed by atoms with van der Waals surface area (Å²) in [5, 5.41) is 2.73. The number of methoxy groups -OCH3 is 1. The molecule has 1 atom stereocenters. The Morgan fingerprint density at radius 2 is 2.06 bits per heavy atom. The smallest absolute Gasteiger partial charge is 0.316 e. The average Bonchev–Trinajstić information content (AvgIpc) is 2.82. The number of ether oxygens (including phenoxy) is 1. The van der Waals surface area contributed by atoms with Gasteiger partial charge in [0.2, 0.25) is 0 Å². The first kappa shape index (κ1) is 12.8. The second kappa shape index (κ2) is 5.31. The number of Topliss-reactive ketones (excluding diaryl/α,β-unsaturated/α-hetero) is 1. The molecular formula is C14H14O3S. The Hall–Kier alpha value is -1.68. The molecule has 0 bridgehead atoms. The van der Waals surface area contributed by atoms with Crippen LogP contribution in [0.25, 0.3) is 10.1 Å². The molecule has 0 saturated heterocycles. The van der Waals surface area contributed by atoms with Gasteiger partial charge in [0, 0.05) is 21.0 Å². The lowest BCUT2D eigenvalue weighted by Crippen LogP contribution is -2.24. The van der Waals surface area contributed by atoms with E-state index in [-0.39, 0.29) is 5.78 Å². The van der Waals surface area contributed by atoms with E-state index in [1.54, 1.807) is 0 Å². The van der Waals surface area contributed by atoms with E-state index in [2.05, 4.69) is 4.74 Å². The standard InChI is InChI=1S/C14H14O3S/c1-3-9(14(16)17-2)13(15)11-8-18-12-7-5-4-6-10(11)12/h4-9H,3H2,1-2H3. The number of benzene rings is 1. The van der Waals surface area contributed by atoms with Crippen molar-refractivity contribution in [3.8, 4) is 0 Å². The van der Waals surface area contributed by atoms with Gasteiger partial charge in [0.15, 0.2) is 5.78 Å². The van der Waals surface area contributed by atoms with Gasteiger partial charge in [0.05, 0.1) is 7.11 Å². The molecule has 0 saturated carbocycles. The van der Waals surface area contributed by atoms with Gasteiger partial charge in [-0.15, -0.1) is 11.3 Å². The van der Waals surface area contributed by atoms with Crippen LogP contribution in [0.4, 0.5) is 0 Å². The molecule has 1 unspecified atom stereocenters. The van der Waals surface area contributed by atoms with Gasteiger partial charge >= 0.3 is 5.97 Å². The third-order valence-corrected chi connectivity index (χ3v) is 3.92. The maximum atomic E-state index is 12.4. The molecule has 94 valence electrons. The van der Waals surface area contributed by atoms with Crippen LogP contribution in [-0.4, -0.2) is 18.9 Å². The van der Waals surface area contributed by atoms with E-state index in [4.69, 9.17) is 0 Å². The Bertz CT molecular complexity index is 585. The van der Waals surface area contributed by atoms with Crippen molar-refractivity contribution < 1.29 is 14.3 Å². The summed E-state index contributed by atoms with van der Waals surface area (Å²) in [7, 11) is 1.31. The molecule has 0 N–H and O–H groups in total. The number of esters is 1. The van der Waals surface area contributed by atoms with E-state index >= 15 is 0 Å². The number of ketones is 1. The highest BCUT2D eigenvalue weighted by molar-refractivity contribution is 7.17. The zero-order valence-electron chi connectivity index (χ0n) is 10.3. The lowest BCUT2D eigenvalue weighted by Gasteiger charge is -2.10. The van der Waals surface area contributed by atoms with Gasteiger partial charge in [0.25, 0.3) is 0 Å². The molecule has 1 aromatic carbocycles. The van der Waals surface area contributed by atoms with Crippen molar-refractivity contribution in [1.82, 2.24) is 0 Å². The number of rotatable bonds is 4. The van der Waals surface area contributed by atoms with Crippen LogP contribution >= 0.6 is 11.3 Å². The van der Waals surface area contributed by atoms with E-state index < -0.39 is 11.9 Å². The SMILES string of the molecule is CCC(C(=O)OC)C(=O)c1csc2ccccc12. The van der Waals surface area contributed by atoms with Crippen LogP contribution in [0.5, 0.6) is 0 Å². The number of thiophene rings is 1. The average molecular weight is 262 g/mol. The van der Waals surface area contributed by atoms with Crippen molar-refractivity contribution in [3.63, 3.8) is 0 Å². The summed E-state index contributed by atoms with van der Waals surface area (Å²) < 4.78 is 5.73. The van der Waals surface area contributed by atoms with Crippen LogP contribution in [0.3, 0.4) is 0 Å². The van der Waals surface area contributed by atoms with Crippen LogP contribution in [-0.2, 0) is 9.53 Å². The molecule has 0 aliphatic carbocycles. The molecule has 0 aliphatic heterocycles.